The summed E-state index contributed by atoms with van der Waals surface area (Å²) in [6.07, 6.45) is 4.17. The molecule has 0 saturated carbocycles. The Labute approximate surface area is 366 Å². The number of hydrogen-bond acceptors (Lipinski definition) is 1. The summed E-state index contributed by atoms with van der Waals surface area (Å²) in [6.45, 7) is 0. The molecule has 0 fully saturated rings. The van der Waals surface area contributed by atoms with Gasteiger partial charge in [-0.2, -0.15) is 0 Å². The monoisotopic (exact) mass is 806 g/mol. The van der Waals surface area contributed by atoms with E-state index in [4.69, 9.17) is 4.99 Å². The Balaban J connectivity index is 0.972. The van der Waals surface area contributed by atoms with E-state index in [2.05, 4.69) is 214 Å². The maximum atomic E-state index is 5.13. The number of hydrogen-bond donors (Lipinski definition) is 0. The molecule has 4 nitrogen and oxygen atoms in total. The minimum absolute atomic E-state index is 0.675. The Morgan fingerprint density at radius 2 is 0.984 bits per heavy atom. The first kappa shape index (κ1) is 37.6. The van der Waals surface area contributed by atoms with Crippen LogP contribution in [0.4, 0.5) is 0 Å². The lowest BCUT2D eigenvalue weighted by Gasteiger charge is -2.12. The molecule has 0 amide bonds. The number of amidine groups is 1. The SMILES string of the molecule is C\N=C(/N=C(\C=C\c1ccccc1)c1ccccc1)c1ccc(-c2cccc3c2c2ccccc2n3-c2cccc(-c3ccc4c(c3)c3ccccc3n4-c3ccccc3)c2)cc1. The fourth-order valence-electron chi connectivity index (χ4n) is 9.07. The van der Waals surface area contributed by atoms with Gasteiger partial charge in [0.25, 0.3) is 0 Å². The second-order valence-electron chi connectivity index (χ2n) is 15.8. The third kappa shape index (κ3) is 6.94. The van der Waals surface area contributed by atoms with E-state index in [0.717, 1.165) is 44.9 Å². The summed E-state index contributed by atoms with van der Waals surface area (Å²) >= 11 is 0. The van der Waals surface area contributed by atoms with Gasteiger partial charge in [0.1, 0.15) is 0 Å². The molecule has 0 aliphatic carbocycles. The topological polar surface area (TPSA) is 34.6 Å². The van der Waals surface area contributed by atoms with Crippen molar-refractivity contribution >= 4 is 61.2 Å². The highest BCUT2D eigenvalue weighted by Crippen LogP contribution is 2.40. The minimum atomic E-state index is 0.675. The molecule has 0 aliphatic rings. The van der Waals surface area contributed by atoms with Gasteiger partial charge in [-0.1, -0.05) is 176 Å². The Bertz CT molecular complexity index is 3540. The Morgan fingerprint density at radius 3 is 1.75 bits per heavy atom. The third-order valence-electron chi connectivity index (χ3n) is 12.0. The summed E-state index contributed by atoms with van der Waals surface area (Å²) in [6, 6.07) is 79.9. The van der Waals surface area contributed by atoms with Gasteiger partial charge in [0.15, 0.2) is 5.84 Å². The first-order chi connectivity index (χ1) is 31.2. The van der Waals surface area contributed by atoms with Gasteiger partial charge in [-0.3, -0.25) is 4.99 Å². The van der Waals surface area contributed by atoms with Gasteiger partial charge in [0.05, 0.1) is 27.8 Å². The van der Waals surface area contributed by atoms with E-state index in [-0.39, 0.29) is 0 Å². The summed E-state index contributed by atoms with van der Waals surface area (Å²) < 4.78 is 4.78. The van der Waals surface area contributed by atoms with Crippen molar-refractivity contribution in [1.82, 2.24) is 9.13 Å². The molecule has 9 aromatic carbocycles. The van der Waals surface area contributed by atoms with E-state index < -0.39 is 0 Å². The highest BCUT2D eigenvalue weighted by atomic mass is 15.0. The van der Waals surface area contributed by atoms with Crippen LogP contribution in [0.25, 0.3) is 83.3 Å². The second-order valence-corrected chi connectivity index (χ2v) is 15.8. The van der Waals surface area contributed by atoms with Gasteiger partial charge in [0, 0.05) is 51.1 Å². The van der Waals surface area contributed by atoms with Crippen molar-refractivity contribution in [2.24, 2.45) is 9.98 Å². The molecule has 0 saturated heterocycles. The van der Waals surface area contributed by atoms with Crippen LogP contribution >= 0.6 is 0 Å². The fourth-order valence-corrected chi connectivity index (χ4v) is 9.07. The molecular weight excluding hydrogens is 765 g/mol. The summed E-state index contributed by atoms with van der Waals surface area (Å²) in [7, 11) is 1.81. The zero-order valence-corrected chi connectivity index (χ0v) is 34.8. The number of benzene rings is 9. The van der Waals surface area contributed by atoms with Gasteiger partial charge in [0.2, 0.25) is 0 Å². The van der Waals surface area contributed by atoms with Crippen molar-refractivity contribution in [2.45, 2.75) is 0 Å². The van der Waals surface area contributed by atoms with Gasteiger partial charge in [-0.25, -0.2) is 4.99 Å². The van der Waals surface area contributed by atoms with Crippen LogP contribution < -0.4 is 0 Å². The molecule has 2 heterocycles. The molecule has 2 aromatic heterocycles. The smallest absolute Gasteiger partial charge is 0.154 e. The van der Waals surface area contributed by atoms with Crippen LogP contribution in [0, 0.1) is 0 Å². The maximum absolute atomic E-state index is 5.13. The number of fused-ring (bicyclic) bond motifs is 6. The maximum Gasteiger partial charge on any atom is 0.154 e. The average Bonchev–Trinajstić information content (AvgIpc) is 3.88. The van der Waals surface area contributed by atoms with Crippen molar-refractivity contribution in [3.05, 3.63) is 247 Å². The molecule has 0 atom stereocenters. The Hall–Kier alpha value is -8.34. The van der Waals surface area contributed by atoms with Crippen LogP contribution in [0.15, 0.2) is 241 Å². The molecule has 4 heteroatoms. The summed E-state index contributed by atoms with van der Waals surface area (Å²) in [5.41, 5.74) is 15.6. The lowest BCUT2D eigenvalue weighted by molar-refractivity contribution is 1.18. The summed E-state index contributed by atoms with van der Waals surface area (Å²) in [5.74, 6) is 0.675. The van der Waals surface area contributed by atoms with E-state index in [1.165, 1.54) is 54.8 Å². The van der Waals surface area contributed by atoms with E-state index in [9.17, 15) is 0 Å². The van der Waals surface area contributed by atoms with Crippen molar-refractivity contribution < 1.29 is 0 Å². The van der Waals surface area contributed by atoms with Crippen LogP contribution in [0.5, 0.6) is 0 Å². The van der Waals surface area contributed by atoms with Crippen molar-refractivity contribution in [3.63, 3.8) is 0 Å². The first-order valence-electron chi connectivity index (χ1n) is 21.4. The number of aliphatic imine (C=N–C) groups is 2. The minimum Gasteiger partial charge on any atom is -0.309 e. The zero-order valence-electron chi connectivity index (χ0n) is 34.8. The average molecular weight is 807 g/mol. The predicted molar refractivity (Wildman–Crippen MR) is 267 cm³/mol. The number of aromatic nitrogens is 2. The van der Waals surface area contributed by atoms with E-state index in [1.807, 2.05) is 43.4 Å². The van der Waals surface area contributed by atoms with Crippen molar-refractivity contribution in [2.75, 3.05) is 7.05 Å². The lowest BCUT2D eigenvalue weighted by Crippen LogP contribution is -2.05. The lowest BCUT2D eigenvalue weighted by atomic mass is 9.98. The van der Waals surface area contributed by atoms with Gasteiger partial charge >= 0.3 is 0 Å². The molecule has 0 radical (unpaired) electrons. The Kier molecular flexibility index (Phi) is 9.72. The standard InChI is InChI=1S/C59H42N4/c1-60-59(61-53(43-19-7-3-8-20-43)37-31-41-17-5-2-6-18-41)44-34-32-42(33-35-44)49-27-16-30-57-58(49)51-26-12-14-29-55(51)63(57)48-24-15-21-45(39-48)46-36-38-56-52(40-46)50-25-11-13-28-54(50)62(56)47-22-9-4-10-23-47/h2-40H,1H3/b37-31+,60-59-,61-53+. The predicted octanol–water partition coefficient (Wildman–Crippen LogP) is 14.8. The molecular formula is C59H42N4. The molecule has 63 heavy (non-hydrogen) atoms. The molecule has 0 aliphatic heterocycles. The zero-order chi connectivity index (χ0) is 42.1. The highest BCUT2D eigenvalue weighted by molar-refractivity contribution is 6.19. The highest BCUT2D eigenvalue weighted by Gasteiger charge is 2.18. The molecule has 0 bridgehead atoms. The molecule has 11 rings (SSSR count). The molecule has 0 spiro atoms. The molecule has 0 N–H and O–H groups in total. The quantitative estimate of drug-likeness (QED) is 0.108. The van der Waals surface area contributed by atoms with Crippen LogP contribution in [0.2, 0.25) is 0 Å². The van der Waals surface area contributed by atoms with Crippen LogP contribution in [0.3, 0.4) is 0 Å². The Morgan fingerprint density at radius 1 is 0.413 bits per heavy atom. The van der Waals surface area contributed by atoms with Gasteiger partial charge in [-0.05, 0) is 88.5 Å². The van der Waals surface area contributed by atoms with Crippen molar-refractivity contribution in [3.8, 4) is 33.6 Å². The van der Waals surface area contributed by atoms with Crippen LogP contribution in [0.1, 0.15) is 16.7 Å². The third-order valence-corrected chi connectivity index (χ3v) is 12.0. The fraction of sp³-hybridized carbons (Fsp3) is 0.0169. The van der Waals surface area contributed by atoms with Crippen LogP contribution in [-0.4, -0.2) is 27.7 Å². The summed E-state index contributed by atoms with van der Waals surface area (Å²) in [5, 5.41) is 4.92. The number of rotatable bonds is 8. The van der Waals surface area contributed by atoms with E-state index in [1.54, 1.807) is 0 Å². The van der Waals surface area contributed by atoms with E-state index >= 15 is 0 Å². The van der Waals surface area contributed by atoms with Crippen molar-refractivity contribution in [1.29, 1.82) is 0 Å². The normalized spacial score (nSPS) is 12.3. The largest absolute Gasteiger partial charge is 0.309 e. The first-order valence-corrected chi connectivity index (χ1v) is 21.4. The molecule has 11 aromatic rings. The van der Waals surface area contributed by atoms with E-state index in [0.29, 0.717) is 5.84 Å². The number of nitrogens with zero attached hydrogens (tertiary/aromatic N) is 4. The molecule has 298 valence electrons. The second kappa shape index (κ2) is 16.3. The molecule has 0 unspecified atom stereocenters. The summed E-state index contributed by atoms with van der Waals surface area (Å²) in [4.78, 5) is 9.80. The van der Waals surface area contributed by atoms with Gasteiger partial charge < -0.3 is 9.13 Å². The number of para-hydroxylation sites is 3. The van der Waals surface area contributed by atoms with Crippen LogP contribution in [-0.2, 0) is 0 Å². The van der Waals surface area contributed by atoms with Gasteiger partial charge in [-0.15, -0.1) is 0 Å². The number of allylic oxidation sites excluding steroid dienone is 1.